The van der Waals surface area contributed by atoms with Gasteiger partial charge in [0.1, 0.15) is 5.82 Å². The van der Waals surface area contributed by atoms with E-state index < -0.39 is 11.7 Å². The van der Waals surface area contributed by atoms with Gasteiger partial charge in [-0.15, -0.1) is 0 Å². The summed E-state index contributed by atoms with van der Waals surface area (Å²) in [6.45, 7) is 1.80. The minimum Gasteiger partial charge on any atom is -0.398 e. The largest absolute Gasteiger partial charge is 0.398 e. The molecule has 0 bridgehead atoms. The van der Waals surface area contributed by atoms with Crippen molar-refractivity contribution in [2.45, 2.75) is 6.92 Å². The molecule has 2 aromatic rings. The van der Waals surface area contributed by atoms with Crippen LogP contribution in [0.4, 0.5) is 21.5 Å². The van der Waals surface area contributed by atoms with Crippen LogP contribution in [0.2, 0.25) is 10.0 Å². The number of nitrogens with one attached hydrogen (secondary N) is 1. The van der Waals surface area contributed by atoms with Gasteiger partial charge in [0.15, 0.2) is 0 Å². The van der Waals surface area contributed by atoms with Gasteiger partial charge in [-0.25, -0.2) is 4.39 Å². The molecular formula is C14H12Cl2FN3O. The van der Waals surface area contributed by atoms with E-state index in [4.69, 9.17) is 34.7 Å². The first kappa shape index (κ1) is 15.4. The molecule has 5 N–H and O–H groups in total. The van der Waals surface area contributed by atoms with Crippen LogP contribution in [0.15, 0.2) is 24.3 Å². The van der Waals surface area contributed by atoms with Crippen LogP contribution in [0.5, 0.6) is 0 Å². The van der Waals surface area contributed by atoms with Gasteiger partial charge in [-0.2, -0.15) is 0 Å². The maximum atomic E-state index is 13.9. The van der Waals surface area contributed by atoms with Gasteiger partial charge >= 0.3 is 0 Å². The molecule has 0 atom stereocenters. The van der Waals surface area contributed by atoms with Gasteiger partial charge in [-0.05, 0) is 36.8 Å². The fourth-order valence-electron chi connectivity index (χ4n) is 1.78. The molecule has 4 nitrogen and oxygen atoms in total. The molecular weight excluding hydrogens is 316 g/mol. The molecule has 0 spiro atoms. The second-order valence-electron chi connectivity index (χ2n) is 4.49. The van der Waals surface area contributed by atoms with E-state index in [-0.39, 0.29) is 16.9 Å². The van der Waals surface area contributed by atoms with Crippen LogP contribution in [0, 0.1) is 12.7 Å². The van der Waals surface area contributed by atoms with Gasteiger partial charge in [-0.3, -0.25) is 4.79 Å². The number of rotatable bonds is 3. The Balaban J connectivity index is 2.47. The van der Waals surface area contributed by atoms with E-state index in [9.17, 15) is 9.18 Å². The highest BCUT2D eigenvalue weighted by Gasteiger charge is 2.13. The molecule has 0 saturated heterocycles. The fraction of sp³-hybridized carbons (Fsp3) is 0.0714. The highest BCUT2D eigenvalue weighted by atomic mass is 35.5. The standard InChI is InChI=1S/C14H12Cl2FN3O/c1-6-2-9(16)12(4-8(6)15)20-13-3-7(14(19)21)11(18)5-10(13)17/h2-5,20H,18H2,1H3,(H2,19,21). The summed E-state index contributed by atoms with van der Waals surface area (Å²) >= 11 is 12.1. The van der Waals surface area contributed by atoms with E-state index in [0.29, 0.717) is 15.7 Å². The third-order valence-electron chi connectivity index (χ3n) is 2.92. The quantitative estimate of drug-likeness (QED) is 0.748. The third-order valence-corrected chi connectivity index (χ3v) is 3.64. The van der Waals surface area contributed by atoms with Crippen molar-refractivity contribution in [3.05, 3.63) is 51.3 Å². The van der Waals surface area contributed by atoms with Gasteiger partial charge in [0.05, 0.1) is 22.0 Å². The first-order valence-electron chi connectivity index (χ1n) is 5.91. The zero-order valence-electron chi connectivity index (χ0n) is 11.0. The molecule has 1 amide bonds. The van der Waals surface area contributed by atoms with Crippen LogP contribution in [0.1, 0.15) is 15.9 Å². The van der Waals surface area contributed by atoms with E-state index in [1.54, 1.807) is 19.1 Å². The normalized spacial score (nSPS) is 10.5. The molecule has 7 heteroatoms. The lowest BCUT2D eigenvalue weighted by atomic mass is 10.1. The smallest absolute Gasteiger partial charge is 0.250 e. The monoisotopic (exact) mass is 327 g/mol. The van der Waals surface area contributed by atoms with E-state index in [1.807, 2.05) is 0 Å². The topological polar surface area (TPSA) is 81.1 Å². The lowest BCUT2D eigenvalue weighted by molar-refractivity contribution is 0.100. The average Bonchev–Trinajstić information content (AvgIpc) is 2.38. The maximum absolute atomic E-state index is 13.9. The minimum atomic E-state index is -0.747. The molecule has 0 aliphatic carbocycles. The summed E-state index contributed by atoms with van der Waals surface area (Å²) in [6, 6.07) is 5.47. The van der Waals surface area contributed by atoms with Crippen molar-refractivity contribution in [3.63, 3.8) is 0 Å². The van der Waals surface area contributed by atoms with Crippen molar-refractivity contribution in [1.29, 1.82) is 0 Å². The van der Waals surface area contributed by atoms with Crippen molar-refractivity contribution in [2.75, 3.05) is 11.1 Å². The van der Waals surface area contributed by atoms with Gasteiger partial charge in [0.25, 0.3) is 5.91 Å². The summed E-state index contributed by atoms with van der Waals surface area (Å²) < 4.78 is 13.9. The Hall–Kier alpha value is -1.98. The second-order valence-corrected chi connectivity index (χ2v) is 5.30. The fourth-order valence-corrected chi connectivity index (χ4v) is 2.21. The zero-order valence-corrected chi connectivity index (χ0v) is 12.5. The number of carbonyl (C=O) groups is 1. The Kier molecular flexibility index (Phi) is 4.25. The van der Waals surface area contributed by atoms with Crippen molar-refractivity contribution >= 4 is 46.2 Å². The van der Waals surface area contributed by atoms with E-state index in [1.165, 1.54) is 6.07 Å². The lowest BCUT2D eigenvalue weighted by Gasteiger charge is -2.13. The number of benzene rings is 2. The zero-order chi connectivity index (χ0) is 15.7. The molecule has 0 aromatic heterocycles. The Morgan fingerprint density at radius 2 is 1.81 bits per heavy atom. The van der Waals surface area contributed by atoms with Crippen LogP contribution in [-0.2, 0) is 0 Å². The molecule has 0 aliphatic rings. The van der Waals surface area contributed by atoms with Crippen LogP contribution < -0.4 is 16.8 Å². The molecule has 110 valence electrons. The van der Waals surface area contributed by atoms with E-state index >= 15 is 0 Å². The molecule has 0 fully saturated rings. The first-order valence-corrected chi connectivity index (χ1v) is 6.66. The maximum Gasteiger partial charge on any atom is 0.250 e. The van der Waals surface area contributed by atoms with Gasteiger partial charge in [-0.1, -0.05) is 23.2 Å². The van der Waals surface area contributed by atoms with Crippen LogP contribution in [-0.4, -0.2) is 5.91 Å². The SMILES string of the molecule is Cc1cc(Cl)c(Nc2cc(C(N)=O)c(N)cc2F)cc1Cl. The van der Waals surface area contributed by atoms with Gasteiger partial charge in [0, 0.05) is 10.7 Å². The number of aryl methyl sites for hydroxylation is 1. The lowest BCUT2D eigenvalue weighted by Crippen LogP contribution is -2.14. The highest BCUT2D eigenvalue weighted by Crippen LogP contribution is 2.32. The number of anilines is 3. The minimum absolute atomic E-state index is 0.0215. The molecule has 21 heavy (non-hydrogen) atoms. The van der Waals surface area contributed by atoms with Crippen LogP contribution in [0.3, 0.4) is 0 Å². The summed E-state index contributed by atoms with van der Waals surface area (Å²) in [7, 11) is 0. The summed E-state index contributed by atoms with van der Waals surface area (Å²) in [4.78, 5) is 11.2. The predicted molar refractivity (Wildman–Crippen MR) is 83.8 cm³/mol. The Labute approximate surface area is 130 Å². The first-order chi connectivity index (χ1) is 9.79. The summed E-state index contributed by atoms with van der Waals surface area (Å²) in [5, 5.41) is 3.63. The number of amides is 1. The number of halogens is 3. The average molecular weight is 328 g/mol. The third kappa shape index (κ3) is 3.20. The predicted octanol–water partition coefficient (Wildman–Crippen LogP) is 3.87. The number of hydrogen-bond donors (Lipinski definition) is 3. The van der Waals surface area contributed by atoms with Crippen molar-refractivity contribution in [2.24, 2.45) is 5.73 Å². The Morgan fingerprint density at radius 1 is 1.14 bits per heavy atom. The van der Waals surface area contributed by atoms with Gasteiger partial charge < -0.3 is 16.8 Å². The summed E-state index contributed by atoms with van der Waals surface area (Å²) in [6.07, 6.45) is 0. The Bertz CT molecular complexity index is 735. The highest BCUT2D eigenvalue weighted by molar-refractivity contribution is 6.35. The van der Waals surface area contributed by atoms with Crippen molar-refractivity contribution in [1.82, 2.24) is 0 Å². The van der Waals surface area contributed by atoms with E-state index in [0.717, 1.165) is 11.6 Å². The van der Waals surface area contributed by atoms with Crippen LogP contribution >= 0.6 is 23.2 Å². The second kappa shape index (κ2) is 5.79. The number of nitrogen functional groups attached to an aromatic ring is 1. The molecule has 2 rings (SSSR count). The molecule has 0 saturated carbocycles. The van der Waals surface area contributed by atoms with Crippen molar-refractivity contribution in [3.8, 4) is 0 Å². The molecule has 2 aromatic carbocycles. The van der Waals surface area contributed by atoms with E-state index in [2.05, 4.69) is 5.32 Å². The summed E-state index contributed by atoms with van der Waals surface area (Å²) in [5.74, 6) is -1.38. The molecule has 0 radical (unpaired) electrons. The number of nitrogens with two attached hydrogens (primary N) is 2. The Morgan fingerprint density at radius 3 is 2.43 bits per heavy atom. The molecule has 0 aliphatic heterocycles. The summed E-state index contributed by atoms with van der Waals surface area (Å²) in [5.41, 5.74) is 12.0. The molecule has 0 heterocycles. The van der Waals surface area contributed by atoms with Crippen LogP contribution in [0.25, 0.3) is 0 Å². The number of carbonyl (C=O) groups excluding carboxylic acids is 1. The molecule has 0 unspecified atom stereocenters. The number of primary amides is 1. The van der Waals surface area contributed by atoms with Crippen molar-refractivity contribution < 1.29 is 9.18 Å². The van der Waals surface area contributed by atoms with Gasteiger partial charge in [0.2, 0.25) is 0 Å². The number of hydrogen-bond acceptors (Lipinski definition) is 3.